The molecular formula is C16H24BFN2O2. The number of H-pyrrole nitrogens is 1. The van der Waals surface area contributed by atoms with Gasteiger partial charge in [-0.2, -0.15) is 5.10 Å². The van der Waals surface area contributed by atoms with E-state index in [-0.39, 0.29) is 0 Å². The minimum Gasteiger partial charge on any atom is -0.398 e. The van der Waals surface area contributed by atoms with E-state index in [1.807, 2.05) is 34.6 Å². The first-order valence-electron chi connectivity index (χ1n) is 7.99. The second-order valence-corrected chi connectivity index (χ2v) is 7.39. The molecule has 22 heavy (non-hydrogen) atoms. The van der Waals surface area contributed by atoms with Gasteiger partial charge in [-0.15, -0.1) is 0 Å². The van der Waals surface area contributed by atoms with Gasteiger partial charge in [0.2, 0.25) is 0 Å². The molecule has 6 heteroatoms. The van der Waals surface area contributed by atoms with E-state index >= 15 is 0 Å². The Bertz CT molecular complexity index is 589. The third-order valence-electron chi connectivity index (χ3n) is 5.28. The van der Waals surface area contributed by atoms with Crippen LogP contribution in [-0.4, -0.2) is 28.5 Å². The van der Waals surface area contributed by atoms with Crippen LogP contribution in [0.5, 0.6) is 0 Å². The SMILES string of the molecule is Cc1[nH]nc(C2CCC2)c1C=C(F)B1OC(C)(C)C(C)(C)O1. The maximum atomic E-state index is 14.7. The van der Waals surface area contributed by atoms with Crippen LogP contribution in [0.4, 0.5) is 4.39 Å². The summed E-state index contributed by atoms with van der Waals surface area (Å²) in [5, 5.41) is 7.33. The van der Waals surface area contributed by atoms with E-state index in [0.29, 0.717) is 5.92 Å². The summed E-state index contributed by atoms with van der Waals surface area (Å²) in [6.45, 7) is 9.59. The smallest absolute Gasteiger partial charge is 0.398 e. The lowest BCUT2D eigenvalue weighted by atomic mass is 9.80. The standard InChI is InChI=1S/C16H24BFN2O2/c1-10-12(14(20-19-10)11-7-6-8-11)9-13(18)17-21-15(2,3)16(4,5)22-17/h9,11H,6-8H2,1-5H3,(H,19,20). The van der Waals surface area contributed by atoms with E-state index in [4.69, 9.17) is 9.31 Å². The predicted molar refractivity (Wildman–Crippen MR) is 85.1 cm³/mol. The average molecular weight is 306 g/mol. The molecule has 0 atom stereocenters. The first-order valence-corrected chi connectivity index (χ1v) is 7.99. The summed E-state index contributed by atoms with van der Waals surface area (Å²) in [5.74, 6) is 0.447. The predicted octanol–water partition coefficient (Wildman–Crippen LogP) is 3.93. The molecule has 2 heterocycles. The normalized spacial score (nSPS) is 24.6. The molecule has 1 N–H and O–H groups in total. The van der Waals surface area contributed by atoms with Crippen LogP contribution in [0.15, 0.2) is 5.73 Å². The van der Waals surface area contributed by atoms with Crippen LogP contribution in [0.2, 0.25) is 0 Å². The molecule has 0 spiro atoms. The van der Waals surface area contributed by atoms with Crippen LogP contribution in [0, 0.1) is 6.92 Å². The molecule has 0 radical (unpaired) electrons. The van der Waals surface area contributed by atoms with Gasteiger partial charge in [0, 0.05) is 17.2 Å². The van der Waals surface area contributed by atoms with Gasteiger partial charge in [0.25, 0.3) is 0 Å². The van der Waals surface area contributed by atoms with Crippen LogP contribution < -0.4 is 0 Å². The van der Waals surface area contributed by atoms with E-state index in [1.165, 1.54) is 12.5 Å². The van der Waals surface area contributed by atoms with E-state index < -0.39 is 24.0 Å². The fourth-order valence-electron chi connectivity index (χ4n) is 2.79. The molecule has 4 nitrogen and oxygen atoms in total. The second kappa shape index (κ2) is 5.20. The highest BCUT2D eigenvalue weighted by Crippen LogP contribution is 2.41. The highest BCUT2D eigenvalue weighted by atomic mass is 19.1. The van der Waals surface area contributed by atoms with E-state index in [0.717, 1.165) is 29.8 Å². The zero-order valence-electron chi connectivity index (χ0n) is 14.0. The fraction of sp³-hybridized carbons (Fsp3) is 0.688. The molecule has 2 fully saturated rings. The largest absolute Gasteiger partial charge is 0.525 e. The molecule has 1 aliphatic heterocycles. The first kappa shape index (κ1) is 15.7. The van der Waals surface area contributed by atoms with Crippen molar-refractivity contribution in [2.75, 3.05) is 0 Å². The second-order valence-electron chi connectivity index (χ2n) is 7.39. The zero-order chi connectivity index (χ0) is 16.1. The molecule has 0 amide bonds. The minimum atomic E-state index is -0.950. The Hall–Kier alpha value is -1.14. The maximum Gasteiger partial charge on any atom is 0.525 e. The number of hydrogen-bond acceptors (Lipinski definition) is 3. The summed E-state index contributed by atoms with van der Waals surface area (Å²) in [6.07, 6.45) is 5.00. The lowest BCUT2D eigenvalue weighted by molar-refractivity contribution is 0.00578. The highest BCUT2D eigenvalue weighted by Gasteiger charge is 2.53. The Balaban J connectivity index is 1.85. The molecule has 0 bridgehead atoms. The van der Waals surface area contributed by atoms with Crippen molar-refractivity contribution < 1.29 is 13.7 Å². The van der Waals surface area contributed by atoms with Crippen molar-refractivity contribution in [2.45, 2.75) is 71.0 Å². The Kier molecular flexibility index (Phi) is 3.72. The van der Waals surface area contributed by atoms with Gasteiger partial charge in [-0.1, -0.05) is 6.42 Å². The molecule has 120 valence electrons. The Morgan fingerprint density at radius 3 is 2.36 bits per heavy atom. The van der Waals surface area contributed by atoms with Crippen molar-refractivity contribution in [1.82, 2.24) is 10.2 Å². The Labute approximate surface area is 131 Å². The van der Waals surface area contributed by atoms with E-state index in [1.54, 1.807) is 0 Å². The summed E-state index contributed by atoms with van der Waals surface area (Å²) in [4.78, 5) is 0. The number of hydrogen-bond donors (Lipinski definition) is 1. The molecule has 2 aliphatic rings. The Morgan fingerprint density at radius 2 is 1.86 bits per heavy atom. The van der Waals surface area contributed by atoms with Crippen molar-refractivity contribution in [3.63, 3.8) is 0 Å². The van der Waals surface area contributed by atoms with Crippen molar-refractivity contribution >= 4 is 13.2 Å². The Morgan fingerprint density at radius 1 is 1.27 bits per heavy atom. The number of aryl methyl sites for hydroxylation is 1. The van der Waals surface area contributed by atoms with Crippen LogP contribution in [-0.2, 0) is 9.31 Å². The average Bonchev–Trinajstić information content (AvgIpc) is 2.78. The van der Waals surface area contributed by atoms with Gasteiger partial charge in [0.05, 0.1) is 16.9 Å². The van der Waals surface area contributed by atoms with E-state index in [9.17, 15) is 4.39 Å². The number of aromatic nitrogens is 2. The van der Waals surface area contributed by atoms with Crippen LogP contribution in [0.1, 0.15) is 69.8 Å². The molecular weight excluding hydrogens is 282 g/mol. The van der Waals surface area contributed by atoms with Crippen molar-refractivity contribution in [3.05, 3.63) is 22.7 Å². The molecule has 0 unspecified atom stereocenters. The first-order chi connectivity index (χ1) is 10.2. The molecule has 1 aromatic heterocycles. The fourth-order valence-corrected chi connectivity index (χ4v) is 2.79. The third kappa shape index (κ3) is 2.52. The number of rotatable bonds is 3. The lowest BCUT2D eigenvalue weighted by Gasteiger charge is -2.32. The molecule has 1 aromatic rings. The number of nitrogens with zero attached hydrogens (tertiary/aromatic N) is 1. The summed E-state index contributed by atoms with van der Waals surface area (Å²) in [6, 6.07) is 0. The van der Waals surface area contributed by atoms with E-state index in [2.05, 4.69) is 10.2 Å². The highest BCUT2D eigenvalue weighted by molar-refractivity contribution is 6.54. The summed E-state index contributed by atoms with van der Waals surface area (Å²) >= 11 is 0. The van der Waals surface area contributed by atoms with Gasteiger partial charge in [0.1, 0.15) is 5.73 Å². The number of halogens is 1. The van der Waals surface area contributed by atoms with Gasteiger partial charge in [-0.05, 0) is 53.5 Å². The minimum absolute atomic E-state index is 0.399. The van der Waals surface area contributed by atoms with Crippen molar-refractivity contribution in [3.8, 4) is 0 Å². The van der Waals surface area contributed by atoms with Gasteiger partial charge in [-0.3, -0.25) is 5.10 Å². The topological polar surface area (TPSA) is 47.1 Å². The zero-order valence-corrected chi connectivity index (χ0v) is 14.0. The van der Waals surface area contributed by atoms with Crippen LogP contribution in [0.3, 0.4) is 0 Å². The number of aromatic amines is 1. The van der Waals surface area contributed by atoms with Crippen LogP contribution >= 0.6 is 0 Å². The van der Waals surface area contributed by atoms with Gasteiger partial charge < -0.3 is 9.31 Å². The summed E-state index contributed by atoms with van der Waals surface area (Å²) < 4.78 is 26.2. The van der Waals surface area contributed by atoms with Gasteiger partial charge in [-0.25, -0.2) is 4.39 Å². The van der Waals surface area contributed by atoms with Crippen molar-refractivity contribution in [1.29, 1.82) is 0 Å². The van der Waals surface area contributed by atoms with Crippen molar-refractivity contribution in [2.24, 2.45) is 0 Å². The summed E-state index contributed by atoms with van der Waals surface area (Å²) in [5.41, 5.74) is 1.22. The van der Waals surface area contributed by atoms with Crippen LogP contribution in [0.25, 0.3) is 6.08 Å². The number of nitrogens with one attached hydrogen (secondary N) is 1. The molecule has 0 aromatic carbocycles. The van der Waals surface area contributed by atoms with Gasteiger partial charge in [0.15, 0.2) is 0 Å². The summed E-state index contributed by atoms with van der Waals surface area (Å²) in [7, 11) is -0.950. The molecule has 1 aliphatic carbocycles. The molecule has 3 rings (SSSR count). The quantitative estimate of drug-likeness (QED) is 0.861. The maximum absolute atomic E-state index is 14.7. The lowest BCUT2D eigenvalue weighted by Crippen LogP contribution is -2.41. The molecule has 1 saturated heterocycles. The molecule has 1 saturated carbocycles. The third-order valence-corrected chi connectivity index (χ3v) is 5.28. The van der Waals surface area contributed by atoms with Gasteiger partial charge >= 0.3 is 7.12 Å². The monoisotopic (exact) mass is 306 g/mol.